The van der Waals surface area contributed by atoms with Crippen LogP contribution in [0.15, 0.2) is 103 Å². The van der Waals surface area contributed by atoms with Crippen LogP contribution in [0.1, 0.15) is 65.9 Å². The number of fused-ring (bicyclic) bond motifs is 6. The van der Waals surface area contributed by atoms with Crippen LogP contribution >= 0.6 is 0 Å². The van der Waals surface area contributed by atoms with Crippen LogP contribution in [0, 0.1) is 17.9 Å². The molecule has 1 N–H and O–H groups in total. The number of nitrogens with zero attached hydrogens (tertiary/aromatic N) is 1. The maximum Gasteiger partial charge on any atom is 0.159 e. The molecule has 4 aromatic carbocycles. The van der Waals surface area contributed by atoms with Gasteiger partial charge in [0.05, 0.1) is 11.5 Å². The quantitative estimate of drug-likeness (QED) is 0.0994. The summed E-state index contributed by atoms with van der Waals surface area (Å²) in [5.41, 5.74) is 7.65. The van der Waals surface area contributed by atoms with Crippen LogP contribution < -0.4 is 4.74 Å². The number of hydrogen-bond acceptors (Lipinski definition) is 4. The number of hydrogen-bond donors (Lipinski definition) is 1. The molecule has 4 nitrogen and oxygen atoms in total. The summed E-state index contributed by atoms with van der Waals surface area (Å²) in [6, 6.07) is 33.0. The van der Waals surface area contributed by atoms with Crippen molar-refractivity contribution in [3.05, 3.63) is 115 Å². The first-order chi connectivity index (χ1) is 21.6. The number of ketones is 1. The van der Waals surface area contributed by atoms with Crippen molar-refractivity contribution in [2.24, 2.45) is 11.8 Å². The summed E-state index contributed by atoms with van der Waals surface area (Å²) in [6.45, 7) is 12.4. The first-order valence-electron chi connectivity index (χ1n) is 15.8. The third-order valence-electron chi connectivity index (χ3n) is 7.79. The zero-order chi connectivity index (χ0) is 32.1. The Morgan fingerprint density at radius 1 is 0.804 bits per heavy atom. The van der Waals surface area contributed by atoms with Crippen molar-refractivity contribution in [3.63, 3.8) is 0 Å². The molecular formula is C41H42IrNO3-. The molecular weight excluding hydrogens is 747 g/mol. The molecule has 0 aliphatic carbocycles. The number of ether oxygens (including phenoxy) is 1. The minimum atomic E-state index is 0. The van der Waals surface area contributed by atoms with Crippen molar-refractivity contribution in [1.82, 2.24) is 4.98 Å². The van der Waals surface area contributed by atoms with Gasteiger partial charge in [0.1, 0.15) is 5.75 Å². The minimum Gasteiger partial charge on any atom is -0.512 e. The monoisotopic (exact) mass is 789 g/mol. The standard InChI is InChI=1S/C30H22NO.C11H20O2.Ir/c1-19(2)21-12-11-20-15-16-31-30(27(20)17-21)22-13-14-26-24-8-4-3-7-23(24)25-9-5-6-10-28(25)32-29(26)18-22;1-8(2)5-10(12)7-11(13)6-9(3)4;/h3-12,14-19H,1-2H3;7-9,12H,5-6H2,1-4H3;/q-1;;/b;10-7-;. The molecule has 0 atom stereocenters. The smallest absolute Gasteiger partial charge is 0.159 e. The van der Waals surface area contributed by atoms with E-state index in [2.05, 4.69) is 86.6 Å². The van der Waals surface area contributed by atoms with Crippen LogP contribution in [0.5, 0.6) is 11.5 Å². The summed E-state index contributed by atoms with van der Waals surface area (Å²) in [5.74, 6) is 3.13. The van der Waals surface area contributed by atoms with Gasteiger partial charge >= 0.3 is 0 Å². The first kappa shape index (κ1) is 34.8. The second-order valence-electron chi connectivity index (χ2n) is 12.9. The van der Waals surface area contributed by atoms with E-state index in [1.165, 1.54) is 22.6 Å². The number of carbonyl (C=O) groups excluding carboxylic acids is 1. The summed E-state index contributed by atoms with van der Waals surface area (Å²) < 4.78 is 6.47. The van der Waals surface area contributed by atoms with E-state index in [1.807, 2.05) is 52.1 Å². The Kier molecular flexibility index (Phi) is 11.7. The van der Waals surface area contributed by atoms with E-state index in [-0.39, 0.29) is 31.6 Å². The van der Waals surface area contributed by atoms with Gasteiger partial charge in [0.25, 0.3) is 0 Å². The largest absolute Gasteiger partial charge is 0.512 e. The van der Waals surface area contributed by atoms with Gasteiger partial charge in [-0.1, -0.05) is 114 Å². The van der Waals surface area contributed by atoms with Crippen molar-refractivity contribution >= 4 is 16.6 Å². The van der Waals surface area contributed by atoms with Gasteiger partial charge < -0.3 is 14.8 Å². The molecule has 0 saturated carbocycles. The van der Waals surface area contributed by atoms with Crippen molar-refractivity contribution in [3.8, 4) is 45.0 Å². The molecule has 0 bridgehead atoms. The molecule has 2 heterocycles. The Morgan fingerprint density at radius 3 is 2.13 bits per heavy atom. The normalized spacial score (nSPS) is 11.9. The fourth-order valence-electron chi connectivity index (χ4n) is 5.64. The van der Waals surface area contributed by atoms with E-state index in [0.29, 0.717) is 30.6 Å². The molecule has 1 aliphatic heterocycles. The molecule has 0 saturated heterocycles. The first-order valence-corrected chi connectivity index (χ1v) is 15.8. The molecule has 0 fully saturated rings. The van der Waals surface area contributed by atoms with E-state index < -0.39 is 0 Å². The van der Waals surface area contributed by atoms with Crippen LogP contribution in [-0.4, -0.2) is 15.9 Å². The SMILES string of the molecule is CC(C)CC(=O)/C=C(\O)CC(C)C.CC(C)c1ccc2ccnc(-c3[c-]cc4c(c3)Oc3ccccc3-c3ccccc3-4)c2c1.[Ir]. The van der Waals surface area contributed by atoms with Gasteiger partial charge in [-0.15, -0.1) is 17.7 Å². The van der Waals surface area contributed by atoms with Crippen molar-refractivity contribution in [1.29, 1.82) is 0 Å². The van der Waals surface area contributed by atoms with Gasteiger partial charge in [-0.25, -0.2) is 0 Å². The molecule has 1 aliphatic rings. The molecule has 239 valence electrons. The number of carbonyl (C=O) groups is 1. The van der Waals surface area contributed by atoms with Gasteiger partial charge in [0.2, 0.25) is 0 Å². The van der Waals surface area contributed by atoms with Crippen molar-refractivity contribution in [2.75, 3.05) is 0 Å². The maximum atomic E-state index is 11.2. The Bertz CT molecular complexity index is 1850. The molecule has 1 radical (unpaired) electrons. The molecule has 0 unspecified atom stereocenters. The summed E-state index contributed by atoms with van der Waals surface area (Å²) >= 11 is 0. The van der Waals surface area contributed by atoms with Crippen LogP contribution in [0.25, 0.3) is 44.3 Å². The predicted octanol–water partition coefficient (Wildman–Crippen LogP) is 11.4. The summed E-state index contributed by atoms with van der Waals surface area (Å²) in [5, 5.41) is 11.7. The molecule has 0 spiro atoms. The minimum absolute atomic E-state index is 0. The van der Waals surface area contributed by atoms with Crippen LogP contribution in [0.3, 0.4) is 0 Å². The van der Waals surface area contributed by atoms with Crippen LogP contribution in [0.2, 0.25) is 0 Å². The van der Waals surface area contributed by atoms with E-state index in [0.717, 1.165) is 44.8 Å². The second-order valence-corrected chi connectivity index (χ2v) is 12.9. The number of para-hydroxylation sites is 1. The Labute approximate surface area is 286 Å². The number of rotatable bonds is 7. The number of aliphatic hydroxyl groups excluding tert-OH is 1. The summed E-state index contributed by atoms with van der Waals surface area (Å²) in [6.07, 6.45) is 4.34. The van der Waals surface area contributed by atoms with Gasteiger partial charge in [-0.3, -0.25) is 4.79 Å². The van der Waals surface area contributed by atoms with Gasteiger partial charge in [-0.2, -0.15) is 0 Å². The summed E-state index contributed by atoms with van der Waals surface area (Å²) in [7, 11) is 0. The number of aromatic nitrogens is 1. The van der Waals surface area contributed by atoms with Crippen molar-refractivity contribution < 1.29 is 34.7 Å². The predicted molar refractivity (Wildman–Crippen MR) is 186 cm³/mol. The fourth-order valence-corrected chi connectivity index (χ4v) is 5.64. The second kappa shape index (κ2) is 15.5. The Morgan fingerprint density at radius 2 is 1.46 bits per heavy atom. The Balaban J connectivity index is 0.000000295. The zero-order valence-corrected chi connectivity index (χ0v) is 29.8. The molecule has 5 heteroatoms. The third-order valence-corrected chi connectivity index (χ3v) is 7.79. The molecule has 0 amide bonds. The van der Waals surface area contributed by atoms with Gasteiger partial charge in [0.15, 0.2) is 5.78 Å². The van der Waals surface area contributed by atoms with E-state index in [9.17, 15) is 9.90 Å². The average Bonchev–Trinajstić information content (AvgIpc) is 3.14. The molecule has 46 heavy (non-hydrogen) atoms. The zero-order valence-electron chi connectivity index (χ0n) is 27.4. The summed E-state index contributed by atoms with van der Waals surface area (Å²) in [4.78, 5) is 16.0. The molecule has 1 aromatic heterocycles. The van der Waals surface area contributed by atoms with E-state index >= 15 is 0 Å². The van der Waals surface area contributed by atoms with Crippen LogP contribution in [0.4, 0.5) is 0 Å². The third kappa shape index (κ3) is 8.20. The van der Waals surface area contributed by atoms with E-state index in [1.54, 1.807) is 0 Å². The maximum absolute atomic E-state index is 11.2. The van der Waals surface area contributed by atoms with Crippen molar-refractivity contribution in [2.45, 2.75) is 60.3 Å². The fraction of sp³-hybridized carbons (Fsp3) is 0.268. The number of pyridine rings is 1. The van der Waals surface area contributed by atoms with Gasteiger partial charge in [0, 0.05) is 50.8 Å². The van der Waals surface area contributed by atoms with Crippen LogP contribution in [-0.2, 0) is 24.9 Å². The van der Waals surface area contributed by atoms with E-state index in [4.69, 9.17) is 9.72 Å². The molecule has 5 aromatic rings. The Hall–Kier alpha value is -4.05. The number of aliphatic hydroxyl groups is 1. The number of benzene rings is 4. The topological polar surface area (TPSA) is 59.4 Å². The average molecular weight is 789 g/mol. The van der Waals surface area contributed by atoms with Gasteiger partial charge in [-0.05, 0) is 63.0 Å². The number of allylic oxidation sites excluding steroid dienone is 2. The molecule has 6 rings (SSSR count).